The molecule has 4 fully saturated rings. The number of benzene rings is 1. The third kappa shape index (κ3) is 6.02. The summed E-state index contributed by atoms with van der Waals surface area (Å²) >= 11 is 0. The average Bonchev–Trinajstić information content (AvgIpc) is 3.42. The largest absolute Gasteiger partial charge is 0.481 e. The maximum atomic E-state index is 13.5. The molecule has 9 unspecified atom stereocenters. The standard InChI is InChI=1S/C44H64N2O5/c1-28(2)31-16-21-44(27-46(25-24-45(8)9)36(47)26-37(48)49)23-22-42(6)33(38(31)44)14-15-35-41(5)19-17-32(29-10-12-30(13-11-29)39(50)51)40(3,4)34(41)18-20-43(35,42)7/h10-13,17,31,33-35,38H,1,14-16,18-27H2,2-9H3,(H,48,49)(H,50,51). The number of aliphatic carboxylic acids is 1. The van der Waals surface area contributed by atoms with Crippen LogP contribution in [-0.2, 0) is 9.59 Å². The van der Waals surface area contributed by atoms with E-state index in [2.05, 4.69) is 59.1 Å². The lowest BCUT2D eigenvalue weighted by atomic mass is 9.32. The van der Waals surface area contributed by atoms with E-state index in [9.17, 15) is 24.6 Å². The predicted octanol–water partition coefficient (Wildman–Crippen LogP) is 8.90. The van der Waals surface area contributed by atoms with Crippen LogP contribution < -0.4 is 0 Å². The van der Waals surface area contributed by atoms with Crippen LogP contribution in [0, 0.1) is 56.7 Å². The maximum Gasteiger partial charge on any atom is 0.335 e. The summed E-state index contributed by atoms with van der Waals surface area (Å²) in [7, 11) is 4.02. The molecule has 5 aliphatic rings. The molecule has 6 rings (SSSR count). The Balaban J connectivity index is 1.33. The van der Waals surface area contributed by atoms with Gasteiger partial charge < -0.3 is 20.0 Å². The van der Waals surface area contributed by atoms with E-state index in [0.29, 0.717) is 48.2 Å². The van der Waals surface area contributed by atoms with Gasteiger partial charge in [-0.2, -0.15) is 0 Å². The molecule has 2 N–H and O–H groups in total. The molecule has 0 heterocycles. The topological polar surface area (TPSA) is 98.2 Å². The number of likely N-dealkylation sites (N-methyl/N-ethyl adjacent to an activating group) is 1. The molecule has 0 radical (unpaired) electrons. The first-order chi connectivity index (χ1) is 23.8. The minimum Gasteiger partial charge on any atom is -0.481 e. The first kappa shape index (κ1) is 37.8. The van der Waals surface area contributed by atoms with Crippen LogP contribution in [0.15, 0.2) is 42.5 Å². The summed E-state index contributed by atoms with van der Waals surface area (Å²) in [6.45, 7) is 21.5. The van der Waals surface area contributed by atoms with E-state index in [1.807, 2.05) is 31.1 Å². The number of allylic oxidation sites excluding steroid dienone is 3. The molecule has 1 aromatic rings. The van der Waals surface area contributed by atoms with E-state index in [1.165, 1.54) is 36.8 Å². The number of carbonyl (C=O) groups excluding carboxylic acids is 1. The normalized spacial score (nSPS) is 38.1. The van der Waals surface area contributed by atoms with Gasteiger partial charge in [0.15, 0.2) is 0 Å². The molecule has 0 bridgehead atoms. The van der Waals surface area contributed by atoms with E-state index in [0.717, 1.165) is 44.2 Å². The molecule has 7 heteroatoms. The molecule has 7 nitrogen and oxygen atoms in total. The predicted molar refractivity (Wildman–Crippen MR) is 203 cm³/mol. The molecule has 4 saturated carbocycles. The summed E-state index contributed by atoms with van der Waals surface area (Å²) in [6, 6.07) is 7.50. The number of rotatable bonds is 10. The number of carboxylic acid groups (broad SMARTS) is 2. The Hall–Kier alpha value is -2.93. The van der Waals surface area contributed by atoms with Crippen molar-refractivity contribution in [1.82, 2.24) is 9.80 Å². The van der Waals surface area contributed by atoms with E-state index >= 15 is 0 Å². The van der Waals surface area contributed by atoms with Gasteiger partial charge in [-0.25, -0.2) is 4.79 Å². The Morgan fingerprint density at radius 3 is 2.14 bits per heavy atom. The van der Waals surface area contributed by atoms with Crippen LogP contribution in [0.3, 0.4) is 0 Å². The Kier molecular flexibility index (Phi) is 9.77. The lowest BCUT2D eigenvalue weighted by molar-refractivity contribution is -0.226. The van der Waals surface area contributed by atoms with Crippen molar-refractivity contribution in [1.29, 1.82) is 0 Å². The molecule has 0 saturated heterocycles. The van der Waals surface area contributed by atoms with Gasteiger partial charge in [0.05, 0.1) is 5.56 Å². The van der Waals surface area contributed by atoms with Crippen LogP contribution in [-0.4, -0.2) is 71.6 Å². The zero-order valence-corrected chi connectivity index (χ0v) is 32.7. The highest BCUT2D eigenvalue weighted by Crippen LogP contribution is 2.77. The van der Waals surface area contributed by atoms with E-state index in [4.69, 9.17) is 0 Å². The van der Waals surface area contributed by atoms with Crippen LogP contribution in [0.2, 0.25) is 0 Å². The third-order valence-corrected chi connectivity index (χ3v) is 16.2. The smallest absolute Gasteiger partial charge is 0.335 e. The van der Waals surface area contributed by atoms with Crippen molar-refractivity contribution >= 4 is 23.4 Å². The van der Waals surface area contributed by atoms with Gasteiger partial charge in [-0.1, -0.05) is 65.0 Å². The second-order valence-corrected chi connectivity index (χ2v) is 19.2. The first-order valence-electron chi connectivity index (χ1n) is 19.6. The highest BCUT2D eigenvalue weighted by Gasteiger charge is 2.70. The van der Waals surface area contributed by atoms with Gasteiger partial charge >= 0.3 is 11.9 Å². The minimum absolute atomic E-state index is 0.0147. The summed E-state index contributed by atoms with van der Waals surface area (Å²) in [5, 5.41) is 19.1. The zero-order chi connectivity index (χ0) is 37.3. The molecular formula is C44H64N2O5. The number of aromatic carboxylic acids is 1. The van der Waals surface area contributed by atoms with Crippen LogP contribution in [0.25, 0.3) is 5.57 Å². The van der Waals surface area contributed by atoms with E-state index in [-0.39, 0.29) is 33.0 Å². The van der Waals surface area contributed by atoms with Gasteiger partial charge in [0.1, 0.15) is 6.42 Å². The summed E-state index contributed by atoms with van der Waals surface area (Å²) < 4.78 is 0. The monoisotopic (exact) mass is 700 g/mol. The quantitative estimate of drug-likeness (QED) is 0.187. The van der Waals surface area contributed by atoms with Gasteiger partial charge in [-0.15, -0.1) is 0 Å². The van der Waals surface area contributed by atoms with Crippen molar-refractivity contribution < 1.29 is 24.6 Å². The van der Waals surface area contributed by atoms with Crippen LogP contribution in [0.4, 0.5) is 0 Å². The van der Waals surface area contributed by atoms with Gasteiger partial charge in [-0.3, -0.25) is 9.59 Å². The van der Waals surface area contributed by atoms with Crippen molar-refractivity contribution in [3.63, 3.8) is 0 Å². The number of carbonyl (C=O) groups is 3. The van der Waals surface area contributed by atoms with Crippen LogP contribution in [0.1, 0.15) is 122 Å². The van der Waals surface area contributed by atoms with Crippen molar-refractivity contribution in [3.05, 3.63) is 53.6 Å². The molecule has 0 aromatic heterocycles. The minimum atomic E-state index is -1.05. The molecule has 9 atom stereocenters. The molecule has 1 aromatic carbocycles. The number of carboxylic acids is 2. The number of fused-ring (bicyclic) bond motifs is 7. The van der Waals surface area contributed by atoms with Crippen molar-refractivity contribution in [2.24, 2.45) is 56.7 Å². The lowest BCUT2D eigenvalue weighted by Crippen LogP contribution is -2.66. The van der Waals surface area contributed by atoms with Crippen LogP contribution in [0.5, 0.6) is 0 Å². The number of hydrogen-bond acceptors (Lipinski definition) is 4. The molecule has 51 heavy (non-hydrogen) atoms. The van der Waals surface area contributed by atoms with Crippen molar-refractivity contribution in [2.75, 3.05) is 33.7 Å². The number of hydrogen-bond donors (Lipinski definition) is 2. The number of amides is 1. The Labute approximate surface area is 306 Å². The Morgan fingerprint density at radius 1 is 0.843 bits per heavy atom. The molecule has 1 amide bonds. The fraction of sp³-hybridized carbons (Fsp3) is 0.705. The molecule has 280 valence electrons. The van der Waals surface area contributed by atoms with Gasteiger partial charge in [-0.05, 0) is 159 Å². The number of nitrogens with zero attached hydrogens (tertiary/aromatic N) is 2. The van der Waals surface area contributed by atoms with Gasteiger partial charge in [0.25, 0.3) is 0 Å². The average molecular weight is 701 g/mol. The van der Waals surface area contributed by atoms with E-state index < -0.39 is 18.4 Å². The highest BCUT2D eigenvalue weighted by atomic mass is 16.4. The summed E-state index contributed by atoms with van der Waals surface area (Å²) in [5.41, 5.74) is 4.57. The highest BCUT2D eigenvalue weighted by molar-refractivity contribution is 5.93. The maximum absolute atomic E-state index is 13.5. The molecule has 0 aliphatic heterocycles. The summed E-state index contributed by atoms with van der Waals surface area (Å²) in [6.07, 6.45) is 12.3. The zero-order valence-electron chi connectivity index (χ0n) is 32.7. The van der Waals surface area contributed by atoms with Crippen molar-refractivity contribution in [2.45, 2.75) is 106 Å². The van der Waals surface area contributed by atoms with Gasteiger partial charge in [0.2, 0.25) is 5.91 Å². The third-order valence-electron chi connectivity index (χ3n) is 16.2. The molecule has 0 spiro atoms. The lowest BCUT2D eigenvalue weighted by Gasteiger charge is -2.72. The fourth-order valence-electron chi connectivity index (χ4n) is 13.7. The second kappa shape index (κ2) is 13.2. The molecular weight excluding hydrogens is 636 g/mol. The van der Waals surface area contributed by atoms with Crippen molar-refractivity contribution in [3.8, 4) is 0 Å². The van der Waals surface area contributed by atoms with E-state index in [1.54, 1.807) is 12.1 Å². The van der Waals surface area contributed by atoms with Gasteiger partial charge in [0, 0.05) is 19.6 Å². The SMILES string of the molecule is C=C(C)C1CCC2(CN(CCN(C)C)C(=O)CC(=O)O)CCC3(C)C(CCC4C5(C)CC=C(c6ccc(C(=O)O)cc6)C(C)(C)C5CCC43C)C12. The Morgan fingerprint density at radius 2 is 1.53 bits per heavy atom. The first-order valence-corrected chi connectivity index (χ1v) is 19.6. The second-order valence-electron chi connectivity index (χ2n) is 19.2. The summed E-state index contributed by atoms with van der Waals surface area (Å²) in [4.78, 5) is 40.8. The Bertz CT molecular complexity index is 1590. The van der Waals surface area contributed by atoms with Crippen LogP contribution >= 0.6 is 0 Å². The molecule has 5 aliphatic carbocycles. The fourth-order valence-corrected chi connectivity index (χ4v) is 13.7. The summed E-state index contributed by atoms with van der Waals surface area (Å²) in [5.74, 6) is 0.354.